The lowest BCUT2D eigenvalue weighted by Gasteiger charge is -2.05. The molecule has 0 aliphatic rings. The average Bonchev–Trinajstić information content (AvgIpc) is 2.92. The van der Waals surface area contributed by atoms with Crippen molar-refractivity contribution in [3.8, 4) is 6.07 Å². The molecule has 0 saturated carbocycles. The molecule has 0 aliphatic heterocycles. The van der Waals surface area contributed by atoms with Gasteiger partial charge in [0.2, 0.25) is 0 Å². The maximum absolute atomic E-state index is 9.57. The van der Waals surface area contributed by atoms with Crippen LogP contribution in [0.3, 0.4) is 0 Å². The van der Waals surface area contributed by atoms with E-state index < -0.39 is 0 Å². The van der Waals surface area contributed by atoms with Crippen molar-refractivity contribution < 1.29 is 0 Å². The third-order valence-electron chi connectivity index (χ3n) is 3.72. The van der Waals surface area contributed by atoms with E-state index in [0.29, 0.717) is 5.57 Å². The number of rotatable bonds is 3. The maximum atomic E-state index is 9.57. The number of aryl methyl sites for hydroxylation is 2. The van der Waals surface area contributed by atoms with Gasteiger partial charge in [-0.1, -0.05) is 42.0 Å². The molecule has 0 saturated heterocycles. The smallest absolute Gasteiger partial charge is 0.151 e. The molecule has 0 radical (unpaired) electrons. The Labute approximate surface area is 130 Å². The lowest BCUT2D eigenvalue weighted by atomic mass is 10.1. The summed E-state index contributed by atoms with van der Waals surface area (Å²) in [6.07, 6.45) is 1.90. The first-order valence-corrected chi connectivity index (χ1v) is 7.37. The fraction of sp³-hybridized carbons (Fsp3) is 0.158. The van der Waals surface area contributed by atoms with E-state index in [0.717, 1.165) is 29.0 Å². The second-order valence-corrected chi connectivity index (χ2v) is 5.25. The minimum Gasteiger partial charge on any atom is -0.324 e. The van der Waals surface area contributed by atoms with Crippen LogP contribution in [0.2, 0.25) is 0 Å². The van der Waals surface area contributed by atoms with Crippen molar-refractivity contribution in [3.63, 3.8) is 0 Å². The van der Waals surface area contributed by atoms with Crippen LogP contribution in [-0.2, 0) is 6.54 Å². The molecule has 3 rings (SSSR count). The summed E-state index contributed by atoms with van der Waals surface area (Å²) >= 11 is 0. The Balaban J connectivity index is 2.15. The van der Waals surface area contributed by atoms with Crippen LogP contribution >= 0.6 is 0 Å². The molecule has 0 N–H and O–H groups in total. The maximum Gasteiger partial charge on any atom is 0.151 e. The largest absolute Gasteiger partial charge is 0.324 e. The molecule has 0 amide bonds. The molecule has 0 aliphatic carbocycles. The Morgan fingerprint density at radius 1 is 1.18 bits per heavy atom. The van der Waals surface area contributed by atoms with Gasteiger partial charge in [0.1, 0.15) is 6.07 Å². The fourth-order valence-corrected chi connectivity index (χ4v) is 2.58. The zero-order valence-electron chi connectivity index (χ0n) is 12.7. The van der Waals surface area contributed by atoms with Crippen LogP contribution in [0.15, 0.2) is 48.5 Å². The predicted molar refractivity (Wildman–Crippen MR) is 90.1 cm³/mol. The summed E-state index contributed by atoms with van der Waals surface area (Å²) in [5.74, 6) is 0.728. The lowest BCUT2D eigenvalue weighted by molar-refractivity contribution is 0.775. The fourth-order valence-electron chi connectivity index (χ4n) is 2.58. The summed E-state index contributed by atoms with van der Waals surface area (Å²) in [4.78, 5) is 4.64. The zero-order chi connectivity index (χ0) is 15.5. The van der Waals surface area contributed by atoms with Crippen LogP contribution in [-0.4, -0.2) is 9.55 Å². The number of aromatic nitrogens is 2. The molecular weight excluding hydrogens is 270 g/mol. The molecule has 0 fully saturated rings. The standard InChI is InChI=1S/C19H17N3/c1-3-22-18-7-5-4-6-17(18)21-19(22)16(13-20)12-15-10-8-14(2)9-11-15/h4-12H,3H2,1-2H3. The molecule has 2 aromatic carbocycles. The van der Waals surface area contributed by atoms with Crippen LogP contribution in [0.4, 0.5) is 0 Å². The first kappa shape index (κ1) is 14.1. The van der Waals surface area contributed by atoms with Crippen LogP contribution in [0.5, 0.6) is 0 Å². The van der Waals surface area contributed by atoms with Gasteiger partial charge in [-0.15, -0.1) is 0 Å². The van der Waals surface area contributed by atoms with Crippen molar-refractivity contribution in [2.75, 3.05) is 0 Å². The van der Waals surface area contributed by atoms with Crippen LogP contribution < -0.4 is 0 Å². The molecule has 108 valence electrons. The highest BCUT2D eigenvalue weighted by Gasteiger charge is 2.13. The van der Waals surface area contributed by atoms with E-state index in [1.807, 2.05) is 54.6 Å². The minimum absolute atomic E-state index is 0.585. The van der Waals surface area contributed by atoms with Crippen LogP contribution in [0, 0.1) is 18.3 Å². The van der Waals surface area contributed by atoms with Gasteiger partial charge in [-0.05, 0) is 37.6 Å². The Bertz CT molecular complexity index is 877. The van der Waals surface area contributed by atoms with E-state index in [9.17, 15) is 5.26 Å². The number of benzene rings is 2. The van der Waals surface area contributed by atoms with Crippen molar-refractivity contribution >= 4 is 22.7 Å². The molecule has 22 heavy (non-hydrogen) atoms. The summed E-state index contributed by atoms with van der Waals surface area (Å²) in [6, 6.07) is 18.4. The molecule has 3 nitrogen and oxygen atoms in total. The van der Waals surface area contributed by atoms with Gasteiger partial charge in [-0.3, -0.25) is 0 Å². The van der Waals surface area contributed by atoms with Gasteiger partial charge in [-0.25, -0.2) is 4.98 Å². The van der Waals surface area contributed by atoms with Gasteiger partial charge < -0.3 is 4.57 Å². The predicted octanol–water partition coefficient (Wildman–Crippen LogP) is 4.43. The molecule has 0 atom stereocenters. The van der Waals surface area contributed by atoms with E-state index >= 15 is 0 Å². The summed E-state index contributed by atoms with van der Waals surface area (Å²) < 4.78 is 2.08. The second kappa shape index (κ2) is 5.87. The summed E-state index contributed by atoms with van der Waals surface area (Å²) in [7, 11) is 0. The Morgan fingerprint density at radius 3 is 2.59 bits per heavy atom. The Morgan fingerprint density at radius 2 is 1.91 bits per heavy atom. The highest BCUT2D eigenvalue weighted by atomic mass is 15.1. The zero-order valence-corrected chi connectivity index (χ0v) is 12.7. The van der Waals surface area contributed by atoms with Crippen molar-refractivity contribution in [2.24, 2.45) is 0 Å². The van der Waals surface area contributed by atoms with Gasteiger partial charge in [0.25, 0.3) is 0 Å². The quantitative estimate of drug-likeness (QED) is 0.669. The molecule has 0 spiro atoms. The van der Waals surface area contributed by atoms with E-state index in [2.05, 4.69) is 29.5 Å². The van der Waals surface area contributed by atoms with Gasteiger partial charge >= 0.3 is 0 Å². The van der Waals surface area contributed by atoms with Gasteiger partial charge in [-0.2, -0.15) is 5.26 Å². The van der Waals surface area contributed by atoms with Crippen molar-refractivity contribution in [3.05, 3.63) is 65.5 Å². The number of fused-ring (bicyclic) bond motifs is 1. The lowest BCUT2D eigenvalue weighted by Crippen LogP contribution is -2.00. The van der Waals surface area contributed by atoms with Crippen molar-refractivity contribution in [2.45, 2.75) is 20.4 Å². The van der Waals surface area contributed by atoms with Gasteiger partial charge in [0.15, 0.2) is 5.82 Å². The monoisotopic (exact) mass is 287 g/mol. The van der Waals surface area contributed by atoms with E-state index in [4.69, 9.17) is 0 Å². The molecule has 3 aromatic rings. The second-order valence-electron chi connectivity index (χ2n) is 5.25. The third-order valence-corrected chi connectivity index (χ3v) is 3.72. The topological polar surface area (TPSA) is 41.6 Å². The van der Waals surface area contributed by atoms with Crippen molar-refractivity contribution in [1.82, 2.24) is 9.55 Å². The number of imidazole rings is 1. The normalized spacial score (nSPS) is 11.6. The summed E-state index contributed by atoms with van der Waals surface area (Å²) in [5.41, 5.74) is 4.78. The highest BCUT2D eigenvalue weighted by Crippen LogP contribution is 2.23. The van der Waals surface area contributed by atoms with E-state index in [1.165, 1.54) is 5.56 Å². The number of hydrogen-bond donors (Lipinski definition) is 0. The number of nitriles is 1. The number of para-hydroxylation sites is 2. The molecule has 1 heterocycles. The summed E-state index contributed by atoms with van der Waals surface area (Å²) in [5, 5.41) is 9.57. The minimum atomic E-state index is 0.585. The van der Waals surface area contributed by atoms with Gasteiger partial charge in [0, 0.05) is 6.54 Å². The molecular formula is C19H17N3. The number of allylic oxidation sites excluding steroid dienone is 1. The highest BCUT2D eigenvalue weighted by molar-refractivity contribution is 5.90. The summed E-state index contributed by atoms with van der Waals surface area (Å²) in [6.45, 7) is 4.90. The molecule has 0 bridgehead atoms. The number of nitrogens with zero attached hydrogens (tertiary/aromatic N) is 3. The first-order chi connectivity index (χ1) is 10.7. The van der Waals surface area contributed by atoms with E-state index in [1.54, 1.807) is 0 Å². The molecule has 3 heteroatoms. The molecule has 1 aromatic heterocycles. The third kappa shape index (κ3) is 2.51. The van der Waals surface area contributed by atoms with E-state index in [-0.39, 0.29) is 0 Å². The SMILES string of the molecule is CCn1c(C(C#N)=Cc2ccc(C)cc2)nc2ccccc21. The Kier molecular flexibility index (Phi) is 3.76. The van der Waals surface area contributed by atoms with Crippen LogP contribution in [0.25, 0.3) is 22.7 Å². The number of hydrogen-bond acceptors (Lipinski definition) is 2. The Hall–Kier alpha value is -2.86. The average molecular weight is 287 g/mol. The van der Waals surface area contributed by atoms with Crippen LogP contribution in [0.1, 0.15) is 23.9 Å². The van der Waals surface area contributed by atoms with Gasteiger partial charge in [0.05, 0.1) is 16.6 Å². The first-order valence-electron chi connectivity index (χ1n) is 7.37. The van der Waals surface area contributed by atoms with Crippen molar-refractivity contribution in [1.29, 1.82) is 5.26 Å². The molecule has 0 unspecified atom stereocenters.